The Labute approximate surface area is 112 Å². The molecule has 0 saturated carbocycles. The van der Waals surface area contributed by atoms with Crippen molar-refractivity contribution >= 4 is 17.6 Å². The van der Waals surface area contributed by atoms with Crippen molar-refractivity contribution in [3.63, 3.8) is 0 Å². The van der Waals surface area contributed by atoms with Gasteiger partial charge in [-0.2, -0.15) is 0 Å². The molecule has 2 atom stereocenters. The van der Waals surface area contributed by atoms with E-state index in [-0.39, 0.29) is 12.0 Å². The Balaban J connectivity index is 2.04. The summed E-state index contributed by atoms with van der Waals surface area (Å²) >= 11 is 5.86. The highest BCUT2D eigenvalue weighted by Gasteiger charge is 2.32. The second-order valence-corrected chi connectivity index (χ2v) is 5.36. The molecule has 2 rings (SSSR count). The molecule has 1 aromatic rings. The van der Waals surface area contributed by atoms with Gasteiger partial charge in [0.25, 0.3) is 0 Å². The summed E-state index contributed by atoms with van der Waals surface area (Å²) in [6.07, 6.45) is 1.74. The van der Waals surface area contributed by atoms with Crippen LogP contribution in [0.5, 0.6) is 0 Å². The number of likely N-dealkylation sites (tertiary alicyclic amines) is 1. The first-order valence-electron chi connectivity index (χ1n) is 6.29. The van der Waals surface area contributed by atoms with Crippen LogP contribution in [0.25, 0.3) is 0 Å². The number of carboxylic acids is 1. The molecule has 0 aliphatic carbocycles. The second-order valence-electron chi connectivity index (χ2n) is 4.92. The Hall–Kier alpha value is -1.06. The van der Waals surface area contributed by atoms with Crippen LogP contribution in [0, 0.1) is 5.92 Å². The summed E-state index contributed by atoms with van der Waals surface area (Å²) in [5.74, 6) is -0.922. The molecule has 98 valence electrons. The fourth-order valence-corrected chi connectivity index (χ4v) is 2.72. The summed E-state index contributed by atoms with van der Waals surface area (Å²) in [6.45, 7) is 3.77. The Bertz CT molecular complexity index is 418. The molecule has 18 heavy (non-hydrogen) atoms. The highest BCUT2D eigenvalue weighted by Crippen LogP contribution is 2.25. The highest BCUT2D eigenvalue weighted by atomic mass is 35.5. The lowest BCUT2D eigenvalue weighted by atomic mass is 9.90. The largest absolute Gasteiger partial charge is 0.481 e. The minimum atomic E-state index is -0.677. The molecule has 1 N–H and O–H groups in total. The third-order valence-corrected chi connectivity index (χ3v) is 3.99. The van der Waals surface area contributed by atoms with Crippen molar-refractivity contribution in [2.24, 2.45) is 5.92 Å². The van der Waals surface area contributed by atoms with Crippen molar-refractivity contribution in [1.29, 1.82) is 0 Å². The molecular formula is C14H18ClNO2. The normalized spacial score (nSPS) is 25.0. The van der Waals surface area contributed by atoms with E-state index in [1.54, 1.807) is 0 Å². The fourth-order valence-electron chi connectivity index (χ4n) is 2.59. The number of aliphatic carboxylic acids is 1. The number of carboxylic acid groups (broad SMARTS) is 1. The second kappa shape index (κ2) is 5.72. The van der Waals surface area contributed by atoms with Gasteiger partial charge in [-0.1, -0.05) is 23.7 Å². The van der Waals surface area contributed by atoms with Crippen LogP contribution in [-0.2, 0) is 11.3 Å². The van der Waals surface area contributed by atoms with Gasteiger partial charge in [-0.25, -0.2) is 0 Å². The molecule has 0 bridgehead atoms. The maximum absolute atomic E-state index is 11.2. The molecule has 1 heterocycles. The monoisotopic (exact) mass is 267 g/mol. The van der Waals surface area contributed by atoms with Gasteiger partial charge in [0.2, 0.25) is 0 Å². The third-order valence-electron chi connectivity index (χ3n) is 3.73. The van der Waals surface area contributed by atoms with Crippen LogP contribution < -0.4 is 0 Å². The van der Waals surface area contributed by atoms with Crippen molar-refractivity contribution in [2.75, 3.05) is 6.54 Å². The van der Waals surface area contributed by atoms with Crippen LogP contribution in [-0.4, -0.2) is 28.6 Å². The predicted octanol–water partition coefficient (Wildman–Crippen LogP) is 3.03. The van der Waals surface area contributed by atoms with Gasteiger partial charge >= 0.3 is 5.97 Å². The Morgan fingerprint density at radius 1 is 1.44 bits per heavy atom. The molecule has 0 unspecified atom stereocenters. The van der Waals surface area contributed by atoms with E-state index >= 15 is 0 Å². The van der Waals surface area contributed by atoms with E-state index in [1.165, 1.54) is 5.56 Å². The summed E-state index contributed by atoms with van der Waals surface area (Å²) in [7, 11) is 0. The van der Waals surface area contributed by atoms with E-state index in [0.717, 1.165) is 31.0 Å². The van der Waals surface area contributed by atoms with E-state index in [1.807, 2.05) is 31.2 Å². The summed E-state index contributed by atoms with van der Waals surface area (Å²) in [5.41, 5.74) is 1.18. The number of halogens is 1. The summed E-state index contributed by atoms with van der Waals surface area (Å²) < 4.78 is 0. The molecule has 0 amide bonds. The lowest BCUT2D eigenvalue weighted by Gasteiger charge is -2.37. The standard InChI is InChI=1S/C14H18ClNO2/c1-10-13(14(17)18)3-2-8-16(10)9-11-4-6-12(15)7-5-11/h4-7,10,13H,2-3,8-9H2,1H3,(H,17,18)/t10-,13-/m1/s1. The lowest BCUT2D eigenvalue weighted by Crippen LogP contribution is -2.45. The SMILES string of the molecule is C[C@@H]1[C@H](C(=O)O)CCCN1Cc1ccc(Cl)cc1. The molecule has 1 aliphatic heterocycles. The Morgan fingerprint density at radius 3 is 2.72 bits per heavy atom. The van der Waals surface area contributed by atoms with E-state index in [9.17, 15) is 9.90 Å². The van der Waals surface area contributed by atoms with Crippen LogP contribution in [0.15, 0.2) is 24.3 Å². The number of carbonyl (C=O) groups is 1. The number of rotatable bonds is 3. The van der Waals surface area contributed by atoms with Crippen LogP contribution in [0.3, 0.4) is 0 Å². The summed E-state index contributed by atoms with van der Waals surface area (Å²) in [6, 6.07) is 7.84. The van der Waals surface area contributed by atoms with E-state index < -0.39 is 5.97 Å². The zero-order valence-corrected chi connectivity index (χ0v) is 11.2. The number of piperidine rings is 1. The van der Waals surface area contributed by atoms with Gasteiger partial charge in [0.15, 0.2) is 0 Å². The van der Waals surface area contributed by atoms with Crippen LogP contribution >= 0.6 is 11.6 Å². The zero-order valence-electron chi connectivity index (χ0n) is 10.5. The van der Waals surface area contributed by atoms with Gasteiger partial charge < -0.3 is 5.11 Å². The van der Waals surface area contributed by atoms with Crippen molar-refractivity contribution in [3.05, 3.63) is 34.9 Å². The third kappa shape index (κ3) is 3.03. The molecular weight excluding hydrogens is 250 g/mol. The van der Waals surface area contributed by atoms with E-state index in [4.69, 9.17) is 11.6 Å². The average molecular weight is 268 g/mol. The van der Waals surface area contributed by atoms with E-state index in [0.29, 0.717) is 0 Å². The summed E-state index contributed by atoms with van der Waals surface area (Å²) in [5, 5.41) is 9.92. The fraction of sp³-hybridized carbons (Fsp3) is 0.500. The molecule has 1 fully saturated rings. The molecule has 3 nitrogen and oxygen atoms in total. The lowest BCUT2D eigenvalue weighted by molar-refractivity contribution is -0.145. The predicted molar refractivity (Wildman–Crippen MR) is 71.7 cm³/mol. The van der Waals surface area contributed by atoms with Crippen LogP contribution in [0.1, 0.15) is 25.3 Å². The van der Waals surface area contributed by atoms with Crippen LogP contribution in [0.4, 0.5) is 0 Å². The zero-order chi connectivity index (χ0) is 13.1. The van der Waals surface area contributed by atoms with Crippen molar-refractivity contribution in [3.8, 4) is 0 Å². The topological polar surface area (TPSA) is 40.5 Å². The minimum Gasteiger partial charge on any atom is -0.481 e. The van der Waals surface area contributed by atoms with Gasteiger partial charge in [-0.05, 0) is 44.0 Å². The number of nitrogens with zero attached hydrogens (tertiary/aromatic N) is 1. The molecule has 1 aromatic carbocycles. The first-order valence-corrected chi connectivity index (χ1v) is 6.67. The molecule has 0 radical (unpaired) electrons. The molecule has 4 heteroatoms. The quantitative estimate of drug-likeness (QED) is 0.915. The molecule has 1 saturated heterocycles. The first-order chi connectivity index (χ1) is 8.58. The maximum atomic E-state index is 11.2. The number of hydrogen-bond donors (Lipinski definition) is 1. The number of benzene rings is 1. The molecule has 0 spiro atoms. The maximum Gasteiger partial charge on any atom is 0.308 e. The Kier molecular flexibility index (Phi) is 4.25. The Morgan fingerprint density at radius 2 is 2.11 bits per heavy atom. The average Bonchev–Trinajstić information content (AvgIpc) is 2.34. The first kappa shape index (κ1) is 13.4. The number of hydrogen-bond acceptors (Lipinski definition) is 2. The van der Waals surface area contributed by atoms with Gasteiger partial charge in [-0.15, -0.1) is 0 Å². The smallest absolute Gasteiger partial charge is 0.308 e. The van der Waals surface area contributed by atoms with E-state index in [2.05, 4.69) is 4.90 Å². The van der Waals surface area contributed by atoms with Gasteiger partial charge in [0.05, 0.1) is 5.92 Å². The van der Waals surface area contributed by atoms with Gasteiger partial charge in [0, 0.05) is 17.6 Å². The summed E-state index contributed by atoms with van der Waals surface area (Å²) in [4.78, 5) is 13.4. The van der Waals surface area contributed by atoms with Gasteiger partial charge in [-0.3, -0.25) is 9.69 Å². The van der Waals surface area contributed by atoms with Crippen LogP contribution in [0.2, 0.25) is 5.02 Å². The van der Waals surface area contributed by atoms with Crippen molar-refractivity contribution in [2.45, 2.75) is 32.4 Å². The highest BCUT2D eigenvalue weighted by molar-refractivity contribution is 6.30. The molecule has 1 aliphatic rings. The van der Waals surface area contributed by atoms with Crippen molar-refractivity contribution < 1.29 is 9.90 Å². The minimum absolute atomic E-state index is 0.0897. The van der Waals surface area contributed by atoms with Gasteiger partial charge in [0.1, 0.15) is 0 Å². The molecule has 0 aromatic heterocycles. The van der Waals surface area contributed by atoms with Crippen molar-refractivity contribution in [1.82, 2.24) is 4.90 Å².